The highest BCUT2D eigenvalue weighted by Crippen LogP contribution is 2.52. The van der Waals surface area contributed by atoms with E-state index < -0.39 is 0 Å². The van der Waals surface area contributed by atoms with Gasteiger partial charge in [0.2, 0.25) is 0 Å². The second-order valence-electron chi connectivity index (χ2n) is 6.46. The molecule has 128 valence electrons. The number of allylic oxidation sites excluding steroid dienone is 2. The van der Waals surface area contributed by atoms with E-state index in [1.54, 1.807) is 6.08 Å². The normalized spacial score (nSPS) is 23.5. The lowest BCUT2D eigenvalue weighted by molar-refractivity contribution is 0.361. The Morgan fingerprint density at radius 1 is 1.20 bits per heavy atom. The van der Waals surface area contributed by atoms with E-state index in [4.69, 9.17) is 27.9 Å². The van der Waals surface area contributed by atoms with Gasteiger partial charge in [-0.05, 0) is 48.2 Å². The highest BCUT2D eigenvalue weighted by atomic mass is 35.5. The Balaban J connectivity index is 1.75. The van der Waals surface area contributed by atoms with Gasteiger partial charge < -0.3 is 10.1 Å². The van der Waals surface area contributed by atoms with Crippen LogP contribution in [0, 0.1) is 5.92 Å². The van der Waals surface area contributed by atoms with Gasteiger partial charge in [0, 0.05) is 27.2 Å². The lowest BCUT2D eigenvalue weighted by Crippen LogP contribution is -2.29. The molecular weight excluding hydrogens is 353 g/mol. The Morgan fingerprint density at radius 3 is 2.76 bits per heavy atom. The van der Waals surface area contributed by atoms with Gasteiger partial charge in [-0.3, -0.25) is 0 Å². The number of fused-ring (bicyclic) bond motifs is 3. The molecule has 2 aliphatic rings. The third-order valence-corrected chi connectivity index (χ3v) is 5.67. The molecule has 1 aliphatic carbocycles. The number of hydrogen-bond acceptors (Lipinski definition) is 2. The number of halogens is 2. The molecule has 2 aromatic rings. The van der Waals surface area contributed by atoms with Gasteiger partial charge in [0.1, 0.15) is 12.4 Å². The van der Waals surface area contributed by atoms with Crippen molar-refractivity contribution >= 4 is 28.9 Å². The molecule has 2 nitrogen and oxygen atoms in total. The maximum Gasteiger partial charge on any atom is 0.120 e. The Kier molecular flexibility index (Phi) is 4.49. The van der Waals surface area contributed by atoms with Crippen LogP contribution in [0.25, 0.3) is 0 Å². The summed E-state index contributed by atoms with van der Waals surface area (Å²) in [5, 5.41) is 5.09. The molecule has 25 heavy (non-hydrogen) atoms. The van der Waals surface area contributed by atoms with Gasteiger partial charge in [-0.2, -0.15) is 0 Å². The highest BCUT2D eigenvalue weighted by molar-refractivity contribution is 6.36. The first-order valence-corrected chi connectivity index (χ1v) is 9.19. The van der Waals surface area contributed by atoms with E-state index in [2.05, 4.69) is 36.2 Å². The third-order valence-electron chi connectivity index (χ3n) is 5.01. The SMILES string of the molecule is C=CCOc1ccc2c(c1)C1C=CCC1C(c1c(Cl)cccc1Cl)N2. The molecule has 0 aromatic heterocycles. The number of hydrogen-bond donors (Lipinski definition) is 1. The van der Waals surface area contributed by atoms with Crippen LogP contribution in [0.2, 0.25) is 10.0 Å². The molecule has 0 bridgehead atoms. The zero-order valence-corrected chi connectivity index (χ0v) is 15.2. The van der Waals surface area contributed by atoms with Crippen LogP contribution < -0.4 is 10.1 Å². The fourth-order valence-electron chi connectivity index (χ4n) is 3.91. The van der Waals surface area contributed by atoms with E-state index in [9.17, 15) is 0 Å². The zero-order chi connectivity index (χ0) is 17.4. The maximum absolute atomic E-state index is 6.49. The average Bonchev–Trinajstić information content (AvgIpc) is 3.10. The molecular formula is C21H19Cl2NO. The molecule has 1 N–H and O–H groups in total. The summed E-state index contributed by atoms with van der Waals surface area (Å²) in [6, 6.07) is 12.0. The molecule has 4 rings (SSSR count). The number of benzene rings is 2. The summed E-state index contributed by atoms with van der Waals surface area (Å²) in [4.78, 5) is 0. The molecule has 1 heterocycles. The molecule has 0 saturated heterocycles. The van der Waals surface area contributed by atoms with Crippen molar-refractivity contribution in [1.82, 2.24) is 0 Å². The lowest BCUT2D eigenvalue weighted by Gasteiger charge is -2.38. The third kappa shape index (κ3) is 2.94. The second-order valence-corrected chi connectivity index (χ2v) is 7.27. The summed E-state index contributed by atoms with van der Waals surface area (Å²) in [6.45, 7) is 4.21. The minimum Gasteiger partial charge on any atom is -0.490 e. The van der Waals surface area contributed by atoms with Crippen molar-refractivity contribution in [2.75, 3.05) is 11.9 Å². The summed E-state index contributed by atoms with van der Waals surface area (Å²) < 4.78 is 5.71. The standard InChI is InChI=1S/C21H19Cl2NO/c1-2-11-25-13-9-10-19-16(12-13)14-5-3-6-15(14)21(24-19)20-17(22)7-4-8-18(20)23/h2-5,7-10,12,14-15,21,24H,1,6,11H2. The summed E-state index contributed by atoms with van der Waals surface area (Å²) in [6.07, 6.45) is 7.30. The van der Waals surface area contributed by atoms with Gasteiger partial charge in [0.25, 0.3) is 0 Å². The molecule has 3 unspecified atom stereocenters. The molecule has 0 fully saturated rings. The quantitative estimate of drug-likeness (QED) is 0.629. The van der Waals surface area contributed by atoms with E-state index in [1.807, 2.05) is 24.3 Å². The van der Waals surface area contributed by atoms with E-state index in [1.165, 1.54) is 5.56 Å². The monoisotopic (exact) mass is 371 g/mol. The van der Waals surface area contributed by atoms with Crippen molar-refractivity contribution in [2.24, 2.45) is 5.92 Å². The Labute approximate surface area is 158 Å². The largest absolute Gasteiger partial charge is 0.490 e. The summed E-state index contributed by atoms with van der Waals surface area (Å²) in [7, 11) is 0. The molecule has 3 atom stereocenters. The van der Waals surface area contributed by atoms with E-state index in [-0.39, 0.29) is 6.04 Å². The van der Waals surface area contributed by atoms with E-state index in [0.717, 1.165) is 23.4 Å². The fraction of sp³-hybridized carbons (Fsp3) is 0.238. The predicted molar refractivity (Wildman–Crippen MR) is 105 cm³/mol. The first-order chi connectivity index (χ1) is 12.2. The summed E-state index contributed by atoms with van der Waals surface area (Å²) in [5.41, 5.74) is 3.36. The van der Waals surface area contributed by atoms with E-state index >= 15 is 0 Å². The molecule has 0 amide bonds. The van der Waals surface area contributed by atoms with Gasteiger partial charge in [0.15, 0.2) is 0 Å². The van der Waals surface area contributed by atoms with E-state index in [0.29, 0.717) is 28.5 Å². The molecule has 2 aromatic carbocycles. The van der Waals surface area contributed by atoms with Crippen LogP contribution in [0.4, 0.5) is 5.69 Å². The van der Waals surface area contributed by atoms with Crippen LogP contribution in [-0.4, -0.2) is 6.61 Å². The minimum absolute atomic E-state index is 0.0913. The van der Waals surface area contributed by atoms with Crippen molar-refractivity contribution in [3.05, 3.63) is 82.4 Å². The topological polar surface area (TPSA) is 21.3 Å². The average molecular weight is 372 g/mol. The second kappa shape index (κ2) is 6.78. The number of anilines is 1. The van der Waals surface area contributed by atoms with Gasteiger partial charge in [-0.1, -0.05) is 54.1 Å². The predicted octanol–water partition coefficient (Wildman–Crippen LogP) is 6.38. The number of nitrogens with one attached hydrogen (secondary N) is 1. The summed E-state index contributed by atoms with van der Waals surface area (Å²) in [5.74, 6) is 1.59. The van der Waals surface area contributed by atoms with Crippen LogP contribution in [-0.2, 0) is 0 Å². The fourth-order valence-corrected chi connectivity index (χ4v) is 4.54. The van der Waals surface area contributed by atoms with Gasteiger partial charge >= 0.3 is 0 Å². The Morgan fingerprint density at radius 2 is 2.00 bits per heavy atom. The van der Waals surface area contributed by atoms with Crippen molar-refractivity contribution in [1.29, 1.82) is 0 Å². The molecule has 4 heteroatoms. The van der Waals surface area contributed by atoms with Crippen LogP contribution in [0.3, 0.4) is 0 Å². The van der Waals surface area contributed by atoms with Crippen molar-refractivity contribution in [3.8, 4) is 5.75 Å². The Bertz CT molecular complexity index is 826. The highest BCUT2D eigenvalue weighted by Gasteiger charge is 2.39. The lowest BCUT2D eigenvalue weighted by atomic mass is 9.77. The van der Waals surface area contributed by atoms with Crippen molar-refractivity contribution in [3.63, 3.8) is 0 Å². The minimum atomic E-state index is 0.0913. The van der Waals surface area contributed by atoms with Crippen molar-refractivity contribution in [2.45, 2.75) is 18.4 Å². The molecule has 1 aliphatic heterocycles. The molecule has 0 spiro atoms. The molecule has 0 saturated carbocycles. The van der Waals surface area contributed by atoms with Crippen LogP contribution in [0.15, 0.2) is 61.2 Å². The Hall–Kier alpha value is -1.90. The number of ether oxygens (including phenoxy) is 1. The number of rotatable bonds is 4. The summed E-state index contributed by atoms with van der Waals surface area (Å²) >= 11 is 13.0. The smallest absolute Gasteiger partial charge is 0.120 e. The van der Waals surface area contributed by atoms with Gasteiger partial charge in [-0.15, -0.1) is 0 Å². The van der Waals surface area contributed by atoms with Crippen molar-refractivity contribution < 1.29 is 4.74 Å². The maximum atomic E-state index is 6.49. The van der Waals surface area contributed by atoms with Gasteiger partial charge in [-0.25, -0.2) is 0 Å². The van der Waals surface area contributed by atoms with Crippen LogP contribution in [0.5, 0.6) is 5.75 Å². The van der Waals surface area contributed by atoms with Crippen LogP contribution in [0.1, 0.15) is 29.5 Å². The van der Waals surface area contributed by atoms with Gasteiger partial charge in [0.05, 0.1) is 6.04 Å². The van der Waals surface area contributed by atoms with Crippen LogP contribution >= 0.6 is 23.2 Å². The molecule has 0 radical (unpaired) electrons. The first-order valence-electron chi connectivity index (χ1n) is 8.44. The first kappa shape index (κ1) is 16.6. The zero-order valence-electron chi connectivity index (χ0n) is 13.7.